The van der Waals surface area contributed by atoms with Crippen LogP contribution in [0.1, 0.15) is 57.1 Å². The van der Waals surface area contributed by atoms with Crippen molar-refractivity contribution in [3.05, 3.63) is 11.6 Å². The molecule has 1 aromatic rings. The summed E-state index contributed by atoms with van der Waals surface area (Å²) in [6.07, 6.45) is 7.13. The van der Waals surface area contributed by atoms with Crippen molar-refractivity contribution < 1.29 is 4.79 Å². The molecule has 1 N–H and O–H groups in total. The summed E-state index contributed by atoms with van der Waals surface area (Å²) in [5.41, 5.74) is 0. The maximum atomic E-state index is 12.4. The Kier molecular flexibility index (Phi) is 6.10. The molecule has 1 aliphatic heterocycles. The zero-order valence-corrected chi connectivity index (χ0v) is 16.0. The molecule has 1 aliphatic carbocycles. The van der Waals surface area contributed by atoms with Gasteiger partial charge in [-0.2, -0.15) is 5.10 Å². The minimum Gasteiger partial charge on any atom is -0.352 e. The maximum absolute atomic E-state index is 12.4. The van der Waals surface area contributed by atoms with E-state index in [1.807, 2.05) is 18.5 Å². The van der Waals surface area contributed by atoms with E-state index in [4.69, 9.17) is 0 Å². The molecule has 1 saturated carbocycles. The Labute approximate surface area is 151 Å². The molecule has 6 heteroatoms. The Morgan fingerprint density at radius 2 is 1.96 bits per heavy atom. The Morgan fingerprint density at radius 1 is 1.20 bits per heavy atom. The third-order valence-corrected chi connectivity index (χ3v) is 5.75. The van der Waals surface area contributed by atoms with Gasteiger partial charge in [0.15, 0.2) is 0 Å². The second kappa shape index (κ2) is 8.30. The molecule has 2 fully saturated rings. The first-order valence-corrected chi connectivity index (χ1v) is 9.89. The molecule has 0 radical (unpaired) electrons. The Hall–Kier alpha value is -1.43. The number of piperidine rings is 1. The van der Waals surface area contributed by atoms with Crippen LogP contribution in [0.5, 0.6) is 0 Å². The highest BCUT2D eigenvalue weighted by Crippen LogP contribution is 2.23. The normalized spacial score (nSPS) is 28.0. The molecule has 0 aromatic carbocycles. The van der Waals surface area contributed by atoms with Crippen molar-refractivity contribution in [3.63, 3.8) is 0 Å². The fourth-order valence-electron chi connectivity index (χ4n) is 4.30. The molecule has 0 spiro atoms. The predicted octanol–water partition coefficient (Wildman–Crippen LogP) is 2.30. The SMILES string of the molecule is Cc1nc(C)n(CC2CCCN(CC(=O)NC3CCC(C)CC3)C2)n1. The largest absolute Gasteiger partial charge is 0.352 e. The lowest BCUT2D eigenvalue weighted by atomic mass is 9.87. The number of nitrogens with zero attached hydrogens (tertiary/aromatic N) is 4. The van der Waals surface area contributed by atoms with Crippen LogP contribution in [-0.2, 0) is 11.3 Å². The van der Waals surface area contributed by atoms with E-state index in [9.17, 15) is 4.79 Å². The monoisotopic (exact) mass is 347 g/mol. The van der Waals surface area contributed by atoms with E-state index in [1.165, 1.54) is 19.3 Å². The van der Waals surface area contributed by atoms with Gasteiger partial charge in [-0.05, 0) is 70.8 Å². The van der Waals surface area contributed by atoms with Gasteiger partial charge in [-0.1, -0.05) is 6.92 Å². The lowest BCUT2D eigenvalue weighted by Gasteiger charge is -2.33. The van der Waals surface area contributed by atoms with Crippen LogP contribution in [0.15, 0.2) is 0 Å². The van der Waals surface area contributed by atoms with E-state index < -0.39 is 0 Å². The summed E-state index contributed by atoms with van der Waals surface area (Å²) < 4.78 is 2.02. The Balaban J connectivity index is 1.44. The second-order valence-corrected chi connectivity index (χ2v) is 8.16. The summed E-state index contributed by atoms with van der Waals surface area (Å²) in [6.45, 7) is 9.72. The summed E-state index contributed by atoms with van der Waals surface area (Å²) in [7, 11) is 0. The molecule has 2 aliphatic rings. The molecule has 1 amide bonds. The third kappa shape index (κ3) is 5.27. The van der Waals surface area contributed by atoms with Gasteiger partial charge in [0.25, 0.3) is 0 Å². The van der Waals surface area contributed by atoms with Gasteiger partial charge in [-0.25, -0.2) is 9.67 Å². The molecule has 3 rings (SSSR count). The number of aromatic nitrogens is 3. The highest BCUT2D eigenvalue weighted by Gasteiger charge is 2.24. The van der Waals surface area contributed by atoms with Crippen LogP contribution in [0.4, 0.5) is 0 Å². The maximum Gasteiger partial charge on any atom is 0.234 e. The molecule has 140 valence electrons. The summed E-state index contributed by atoms with van der Waals surface area (Å²) in [4.78, 5) is 19.1. The van der Waals surface area contributed by atoms with Gasteiger partial charge < -0.3 is 5.32 Å². The van der Waals surface area contributed by atoms with Crippen molar-refractivity contribution in [1.29, 1.82) is 0 Å². The summed E-state index contributed by atoms with van der Waals surface area (Å²) in [5, 5.41) is 7.74. The molecular formula is C19H33N5O. The van der Waals surface area contributed by atoms with E-state index in [-0.39, 0.29) is 5.91 Å². The standard InChI is InChI=1S/C19H33N5O/c1-14-6-8-18(9-7-14)21-19(25)13-23-10-4-5-17(11-23)12-24-16(3)20-15(2)22-24/h14,17-18H,4-13H2,1-3H3,(H,21,25). The van der Waals surface area contributed by atoms with Crippen molar-refractivity contribution >= 4 is 5.91 Å². The molecule has 1 saturated heterocycles. The first kappa shape index (κ1) is 18.4. The molecule has 1 aromatic heterocycles. The molecule has 2 heterocycles. The highest BCUT2D eigenvalue weighted by atomic mass is 16.2. The first-order chi connectivity index (χ1) is 12.0. The minimum atomic E-state index is 0.202. The number of hydrogen-bond donors (Lipinski definition) is 1. The van der Waals surface area contributed by atoms with E-state index in [2.05, 4.69) is 27.2 Å². The average Bonchev–Trinajstić information content (AvgIpc) is 2.87. The molecular weight excluding hydrogens is 314 g/mol. The van der Waals surface area contributed by atoms with Gasteiger partial charge in [-0.3, -0.25) is 9.69 Å². The van der Waals surface area contributed by atoms with Crippen molar-refractivity contribution in [2.24, 2.45) is 11.8 Å². The molecule has 1 unspecified atom stereocenters. The lowest BCUT2D eigenvalue weighted by Crippen LogP contribution is -2.46. The number of nitrogens with one attached hydrogen (secondary N) is 1. The van der Waals surface area contributed by atoms with Crippen molar-refractivity contribution in [2.45, 2.75) is 71.9 Å². The van der Waals surface area contributed by atoms with E-state index in [1.54, 1.807) is 0 Å². The van der Waals surface area contributed by atoms with E-state index in [0.29, 0.717) is 18.5 Å². The van der Waals surface area contributed by atoms with Gasteiger partial charge >= 0.3 is 0 Å². The van der Waals surface area contributed by atoms with Crippen LogP contribution in [-0.4, -0.2) is 51.2 Å². The van der Waals surface area contributed by atoms with E-state index in [0.717, 1.165) is 56.5 Å². The van der Waals surface area contributed by atoms with Crippen LogP contribution in [0, 0.1) is 25.7 Å². The van der Waals surface area contributed by atoms with Gasteiger partial charge in [0.1, 0.15) is 11.6 Å². The average molecular weight is 348 g/mol. The van der Waals surface area contributed by atoms with Crippen molar-refractivity contribution in [2.75, 3.05) is 19.6 Å². The number of likely N-dealkylation sites (tertiary alicyclic amines) is 1. The zero-order valence-electron chi connectivity index (χ0n) is 16.0. The van der Waals surface area contributed by atoms with Crippen LogP contribution < -0.4 is 5.32 Å². The van der Waals surface area contributed by atoms with Crippen LogP contribution >= 0.6 is 0 Å². The third-order valence-electron chi connectivity index (χ3n) is 5.75. The number of aryl methyl sites for hydroxylation is 2. The number of carbonyl (C=O) groups is 1. The quantitative estimate of drug-likeness (QED) is 0.888. The fraction of sp³-hybridized carbons (Fsp3) is 0.842. The Morgan fingerprint density at radius 3 is 2.64 bits per heavy atom. The Bertz CT molecular complexity index is 576. The smallest absolute Gasteiger partial charge is 0.234 e. The number of rotatable bonds is 5. The molecule has 1 atom stereocenters. The number of hydrogen-bond acceptors (Lipinski definition) is 4. The zero-order chi connectivity index (χ0) is 17.8. The van der Waals surface area contributed by atoms with Gasteiger partial charge in [-0.15, -0.1) is 0 Å². The van der Waals surface area contributed by atoms with Crippen LogP contribution in [0.25, 0.3) is 0 Å². The summed E-state index contributed by atoms with van der Waals surface area (Å²) in [5.74, 6) is 3.40. The van der Waals surface area contributed by atoms with E-state index >= 15 is 0 Å². The molecule has 0 bridgehead atoms. The first-order valence-electron chi connectivity index (χ1n) is 9.89. The molecule has 6 nitrogen and oxygen atoms in total. The van der Waals surface area contributed by atoms with Gasteiger partial charge in [0, 0.05) is 19.1 Å². The number of carbonyl (C=O) groups excluding carboxylic acids is 1. The minimum absolute atomic E-state index is 0.202. The second-order valence-electron chi connectivity index (χ2n) is 8.16. The van der Waals surface area contributed by atoms with Crippen LogP contribution in [0.2, 0.25) is 0 Å². The van der Waals surface area contributed by atoms with Crippen molar-refractivity contribution in [1.82, 2.24) is 25.0 Å². The highest BCUT2D eigenvalue weighted by molar-refractivity contribution is 5.78. The molecule has 25 heavy (non-hydrogen) atoms. The summed E-state index contributed by atoms with van der Waals surface area (Å²) >= 11 is 0. The fourth-order valence-corrected chi connectivity index (χ4v) is 4.30. The topological polar surface area (TPSA) is 63.1 Å². The van der Waals surface area contributed by atoms with Crippen molar-refractivity contribution in [3.8, 4) is 0 Å². The predicted molar refractivity (Wildman–Crippen MR) is 98.2 cm³/mol. The summed E-state index contributed by atoms with van der Waals surface area (Å²) in [6, 6.07) is 0.394. The lowest BCUT2D eigenvalue weighted by molar-refractivity contribution is -0.123. The van der Waals surface area contributed by atoms with Crippen LogP contribution in [0.3, 0.4) is 0 Å². The van der Waals surface area contributed by atoms with Gasteiger partial charge in [0.05, 0.1) is 6.54 Å². The van der Waals surface area contributed by atoms with Gasteiger partial charge in [0.2, 0.25) is 5.91 Å². The number of amides is 1.